The van der Waals surface area contributed by atoms with Crippen LogP contribution in [0.1, 0.15) is 24.8 Å². The Hall–Kier alpha value is -2.84. The fraction of sp³-hybridized carbons (Fsp3) is 0.400. The molecule has 6 rings (SSSR count). The Kier molecular flexibility index (Phi) is 3.66. The molecule has 0 radical (unpaired) electrons. The van der Waals surface area contributed by atoms with Crippen molar-refractivity contribution in [1.82, 2.24) is 19.8 Å². The number of para-hydroxylation sites is 2. The zero-order valence-corrected chi connectivity index (χ0v) is 15.5. The SMILES string of the molecule is c1coc(C2NC3=NCN(CC4CCCO4)CN3c3nc4ccccc4n32)c1. The van der Waals surface area contributed by atoms with Gasteiger partial charge in [-0.3, -0.25) is 14.4 Å². The number of furan rings is 1. The molecule has 1 N–H and O–H groups in total. The number of aromatic nitrogens is 2. The van der Waals surface area contributed by atoms with E-state index in [0.29, 0.717) is 12.8 Å². The standard InChI is InChI=1S/C20H22N6O2/c1-2-7-16-15(6-1)22-20-25-13-24(11-14-5-3-9-27-14)12-21-19(25)23-18(26(16)20)17-8-4-10-28-17/h1-2,4,6-8,10,14,18H,3,5,9,11-13H2,(H,21,23). The monoisotopic (exact) mass is 378 g/mol. The normalized spacial score (nSPS) is 24.7. The van der Waals surface area contributed by atoms with Crippen LogP contribution in [0.15, 0.2) is 52.1 Å². The van der Waals surface area contributed by atoms with Gasteiger partial charge >= 0.3 is 0 Å². The second-order valence-electron chi connectivity index (χ2n) is 7.51. The highest BCUT2D eigenvalue weighted by Gasteiger charge is 2.37. The molecule has 8 heteroatoms. The van der Waals surface area contributed by atoms with Gasteiger partial charge in [-0.1, -0.05) is 12.1 Å². The summed E-state index contributed by atoms with van der Waals surface area (Å²) in [6.45, 7) is 3.16. The second-order valence-corrected chi connectivity index (χ2v) is 7.51. The van der Waals surface area contributed by atoms with Crippen molar-refractivity contribution in [3.05, 3.63) is 48.4 Å². The molecular formula is C20H22N6O2. The minimum Gasteiger partial charge on any atom is -0.465 e. The van der Waals surface area contributed by atoms with Gasteiger partial charge in [-0.2, -0.15) is 0 Å². The maximum atomic E-state index is 5.82. The summed E-state index contributed by atoms with van der Waals surface area (Å²) in [7, 11) is 0. The number of nitrogens with zero attached hydrogens (tertiary/aromatic N) is 5. The van der Waals surface area contributed by atoms with Crippen LogP contribution < -0.4 is 10.2 Å². The van der Waals surface area contributed by atoms with Gasteiger partial charge in [0.05, 0.1) is 36.7 Å². The average molecular weight is 378 g/mol. The van der Waals surface area contributed by atoms with E-state index in [9.17, 15) is 0 Å². The fourth-order valence-electron chi connectivity index (χ4n) is 4.35. The number of hydrogen-bond acceptors (Lipinski definition) is 7. The van der Waals surface area contributed by atoms with Gasteiger partial charge in [0.25, 0.3) is 0 Å². The smallest absolute Gasteiger partial charge is 0.216 e. The molecule has 2 aromatic heterocycles. The Bertz CT molecular complexity index is 1020. The number of hydrogen-bond donors (Lipinski definition) is 1. The number of anilines is 1. The van der Waals surface area contributed by atoms with Crippen LogP contribution in [0.5, 0.6) is 0 Å². The lowest BCUT2D eigenvalue weighted by Crippen LogP contribution is -2.58. The molecule has 0 spiro atoms. The number of rotatable bonds is 3. The van der Waals surface area contributed by atoms with Gasteiger partial charge in [0.2, 0.25) is 11.9 Å². The molecule has 0 bridgehead atoms. The van der Waals surface area contributed by atoms with Gasteiger partial charge in [-0.15, -0.1) is 0 Å². The third kappa shape index (κ3) is 2.52. The molecular weight excluding hydrogens is 356 g/mol. The first kappa shape index (κ1) is 16.1. The number of nitrogens with one attached hydrogen (secondary N) is 1. The van der Waals surface area contributed by atoms with Gasteiger partial charge in [-0.05, 0) is 37.1 Å². The Balaban J connectivity index is 1.41. The number of fused-ring (bicyclic) bond motifs is 5. The number of imidazole rings is 1. The topological polar surface area (TPSA) is 71.1 Å². The molecule has 1 aromatic carbocycles. The van der Waals surface area contributed by atoms with Crippen LogP contribution >= 0.6 is 0 Å². The van der Waals surface area contributed by atoms with Gasteiger partial charge in [0.1, 0.15) is 5.76 Å². The highest BCUT2D eigenvalue weighted by molar-refractivity contribution is 5.98. The molecule has 1 saturated heterocycles. The highest BCUT2D eigenvalue weighted by atomic mass is 16.5. The van der Waals surface area contributed by atoms with E-state index < -0.39 is 0 Å². The summed E-state index contributed by atoms with van der Waals surface area (Å²) in [4.78, 5) is 14.2. The summed E-state index contributed by atoms with van der Waals surface area (Å²) in [6.07, 6.45) is 4.12. The number of benzene rings is 1. The van der Waals surface area contributed by atoms with Crippen molar-refractivity contribution in [2.24, 2.45) is 4.99 Å². The molecule has 0 saturated carbocycles. The zero-order chi connectivity index (χ0) is 18.5. The maximum Gasteiger partial charge on any atom is 0.216 e. The Morgan fingerprint density at radius 2 is 2.14 bits per heavy atom. The lowest BCUT2D eigenvalue weighted by Gasteiger charge is -2.41. The van der Waals surface area contributed by atoms with Crippen LogP contribution in [-0.2, 0) is 4.74 Å². The van der Waals surface area contributed by atoms with E-state index in [0.717, 1.165) is 61.4 Å². The maximum absolute atomic E-state index is 5.82. The molecule has 1 fully saturated rings. The third-order valence-electron chi connectivity index (χ3n) is 5.66. The van der Waals surface area contributed by atoms with Gasteiger partial charge in [0, 0.05) is 13.2 Å². The van der Waals surface area contributed by atoms with Crippen LogP contribution in [0.4, 0.5) is 5.95 Å². The van der Waals surface area contributed by atoms with Crippen LogP contribution in [0.3, 0.4) is 0 Å². The molecule has 8 nitrogen and oxygen atoms in total. The zero-order valence-electron chi connectivity index (χ0n) is 15.5. The summed E-state index contributed by atoms with van der Waals surface area (Å²) in [6, 6.07) is 12.1. The first-order valence-corrected chi connectivity index (χ1v) is 9.80. The van der Waals surface area contributed by atoms with E-state index >= 15 is 0 Å². The van der Waals surface area contributed by atoms with E-state index in [4.69, 9.17) is 19.1 Å². The van der Waals surface area contributed by atoms with E-state index in [1.54, 1.807) is 6.26 Å². The second kappa shape index (κ2) is 6.35. The first-order valence-electron chi connectivity index (χ1n) is 9.80. The Morgan fingerprint density at radius 3 is 3.00 bits per heavy atom. The summed E-state index contributed by atoms with van der Waals surface area (Å²) in [5.41, 5.74) is 2.04. The minimum atomic E-state index is -0.169. The molecule has 144 valence electrons. The molecule has 0 amide bonds. The van der Waals surface area contributed by atoms with Crippen molar-refractivity contribution in [2.75, 3.05) is 31.4 Å². The van der Waals surface area contributed by atoms with Gasteiger partial charge in [0.15, 0.2) is 6.17 Å². The molecule has 3 aromatic rings. The molecule has 3 aliphatic heterocycles. The van der Waals surface area contributed by atoms with Crippen molar-refractivity contribution < 1.29 is 9.15 Å². The third-order valence-corrected chi connectivity index (χ3v) is 5.66. The number of guanidine groups is 1. The lowest BCUT2D eigenvalue weighted by atomic mass is 10.2. The average Bonchev–Trinajstić information content (AvgIpc) is 3.48. The molecule has 0 aliphatic carbocycles. The largest absolute Gasteiger partial charge is 0.465 e. The molecule has 28 heavy (non-hydrogen) atoms. The molecule has 2 atom stereocenters. The van der Waals surface area contributed by atoms with Crippen molar-refractivity contribution in [3.8, 4) is 0 Å². The van der Waals surface area contributed by atoms with E-state index in [1.807, 2.05) is 30.3 Å². The predicted molar refractivity (Wildman–Crippen MR) is 105 cm³/mol. The highest BCUT2D eigenvalue weighted by Crippen LogP contribution is 2.34. The summed E-state index contributed by atoms with van der Waals surface area (Å²) < 4.78 is 13.7. The van der Waals surface area contributed by atoms with Crippen molar-refractivity contribution in [3.63, 3.8) is 0 Å². The van der Waals surface area contributed by atoms with Crippen LogP contribution in [0, 0.1) is 0 Å². The minimum absolute atomic E-state index is 0.169. The van der Waals surface area contributed by atoms with Crippen molar-refractivity contribution in [2.45, 2.75) is 25.1 Å². The van der Waals surface area contributed by atoms with Gasteiger partial charge in [-0.25, -0.2) is 9.98 Å². The summed E-state index contributed by atoms with van der Waals surface area (Å²) in [5.74, 6) is 2.57. The van der Waals surface area contributed by atoms with Crippen molar-refractivity contribution in [1.29, 1.82) is 0 Å². The molecule has 2 unspecified atom stereocenters. The number of ether oxygens (including phenoxy) is 1. The van der Waals surface area contributed by atoms with E-state index in [-0.39, 0.29) is 6.17 Å². The Morgan fingerprint density at radius 1 is 1.18 bits per heavy atom. The molecule has 5 heterocycles. The Labute approximate surface area is 162 Å². The van der Waals surface area contributed by atoms with Crippen molar-refractivity contribution >= 4 is 22.9 Å². The van der Waals surface area contributed by atoms with Gasteiger partial charge < -0.3 is 14.5 Å². The first-order chi connectivity index (χ1) is 13.9. The predicted octanol–water partition coefficient (Wildman–Crippen LogP) is 2.35. The quantitative estimate of drug-likeness (QED) is 0.754. The fourth-order valence-corrected chi connectivity index (χ4v) is 4.35. The number of aliphatic imine (C=N–C) groups is 1. The van der Waals surface area contributed by atoms with Crippen LogP contribution in [-0.4, -0.2) is 53.0 Å². The summed E-state index contributed by atoms with van der Waals surface area (Å²) in [5, 5.41) is 3.55. The van der Waals surface area contributed by atoms with E-state index in [2.05, 4.69) is 25.8 Å². The molecule has 3 aliphatic rings. The summed E-state index contributed by atoms with van der Waals surface area (Å²) >= 11 is 0. The van der Waals surface area contributed by atoms with Crippen LogP contribution in [0.2, 0.25) is 0 Å². The van der Waals surface area contributed by atoms with Crippen LogP contribution in [0.25, 0.3) is 11.0 Å². The lowest BCUT2D eigenvalue weighted by molar-refractivity contribution is 0.0732. The van der Waals surface area contributed by atoms with E-state index in [1.165, 1.54) is 0 Å².